The summed E-state index contributed by atoms with van der Waals surface area (Å²) in [6.45, 7) is 12.9. The molecule has 0 bridgehead atoms. The minimum atomic E-state index is -0.301. The Morgan fingerprint density at radius 3 is 1.14 bits per heavy atom. The zero-order valence-electron chi connectivity index (χ0n) is 37.8. The van der Waals surface area contributed by atoms with Gasteiger partial charge in [-0.2, -0.15) is 0 Å². The largest absolute Gasteiger partial charge is 0.463 e. The minimum absolute atomic E-state index is 0.0634. The number of nitrogens with zero attached hydrogens (tertiary/aromatic N) is 2. The molecule has 2 aliphatic rings. The third-order valence-electron chi connectivity index (χ3n) is 12.2. The number of hydrogen-bond acceptors (Lipinski definition) is 7. The average Bonchev–Trinajstić information content (AvgIpc) is 3.96. The smallest absolute Gasteiger partial charge is 0.311 e. The van der Waals surface area contributed by atoms with Gasteiger partial charge in [-0.3, -0.25) is 9.59 Å². The topological polar surface area (TPSA) is 90.2 Å². The molecule has 0 spiro atoms. The summed E-state index contributed by atoms with van der Waals surface area (Å²) in [5, 5.41) is 1.33. The molecule has 2 aromatic heterocycles. The van der Waals surface area contributed by atoms with Crippen molar-refractivity contribution >= 4 is 35.1 Å². The van der Waals surface area contributed by atoms with Crippen LogP contribution in [0.1, 0.15) is 50.5 Å². The van der Waals surface area contributed by atoms with E-state index in [1.807, 2.05) is 60.7 Å². The van der Waals surface area contributed by atoms with Gasteiger partial charge in [-0.15, -0.1) is 0 Å². The van der Waals surface area contributed by atoms with E-state index in [-0.39, 0.29) is 62.0 Å². The maximum Gasteiger partial charge on any atom is 0.311 e. The monoisotopic (exact) mass is 916 g/mol. The van der Waals surface area contributed by atoms with Crippen LogP contribution in [0, 0.1) is 10.8 Å². The lowest BCUT2D eigenvalue weighted by Crippen LogP contribution is -2.19. The Morgan fingerprint density at radius 1 is 0.462 bits per heavy atom. The Balaban J connectivity index is 0.759. The van der Waals surface area contributed by atoms with Gasteiger partial charge in [-0.05, 0) is 70.2 Å². The summed E-state index contributed by atoms with van der Waals surface area (Å²) in [6, 6.07) is 36.5. The molecule has 0 amide bonds. The highest BCUT2D eigenvalue weighted by molar-refractivity contribution is 6.31. The Hall–Kier alpha value is -5.16. The van der Waals surface area contributed by atoms with Crippen molar-refractivity contribution in [3.8, 4) is 44.5 Å². The fourth-order valence-electron chi connectivity index (χ4n) is 9.47. The van der Waals surface area contributed by atoms with Crippen molar-refractivity contribution in [1.29, 1.82) is 0 Å². The van der Waals surface area contributed by atoms with E-state index in [4.69, 9.17) is 46.9 Å². The predicted molar refractivity (Wildman–Crippen MR) is 257 cm³/mol. The maximum atomic E-state index is 13.4. The summed E-state index contributed by atoms with van der Waals surface area (Å²) in [5.74, 6) is -0.602. The number of carbonyl (C=O) groups excluding carboxylic acids is 2. The van der Waals surface area contributed by atoms with Gasteiger partial charge < -0.3 is 32.8 Å². The van der Waals surface area contributed by atoms with Gasteiger partial charge in [-0.1, -0.05) is 136 Å². The molecule has 0 aliphatic carbocycles. The van der Waals surface area contributed by atoms with E-state index in [1.54, 1.807) is 0 Å². The zero-order chi connectivity index (χ0) is 45.6. The highest BCUT2D eigenvalue weighted by Gasteiger charge is 2.38. The minimum Gasteiger partial charge on any atom is -0.463 e. The first kappa shape index (κ1) is 46.4. The summed E-state index contributed by atoms with van der Waals surface area (Å²) in [6.07, 6.45) is 2.10. The van der Waals surface area contributed by atoms with E-state index in [2.05, 4.69) is 85.4 Å². The summed E-state index contributed by atoms with van der Waals surface area (Å²) in [4.78, 5) is 26.7. The normalized spacial score (nSPS) is 14.6. The molecule has 0 saturated heterocycles. The van der Waals surface area contributed by atoms with Gasteiger partial charge >= 0.3 is 11.9 Å². The van der Waals surface area contributed by atoms with Crippen molar-refractivity contribution in [2.75, 3.05) is 52.9 Å². The SMILES string of the molecule is CC1(C)Cc2c(-c3ccccc3)c(-c3ccc(Cl)cc3)c(CC(=O)OCCOCCOCCOCCOC(=O)Cc3c(-c4ccc(Cl)cc4)c(-c4ccccc4)c4n3CC(C)(C)C4)n2C1. The Bertz CT molecular complexity index is 2400. The van der Waals surface area contributed by atoms with E-state index in [9.17, 15) is 9.59 Å². The average molecular weight is 918 g/mol. The van der Waals surface area contributed by atoms with Crippen LogP contribution in [0.25, 0.3) is 44.5 Å². The fourth-order valence-corrected chi connectivity index (χ4v) is 9.72. The summed E-state index contributed by atoms with van der Waals surface area (Å²) < 4.78 is 33.1. The summed E-state index contributed by atoms with van der Waals surface area (Å²) in [5.41, 5.74) is 13.2. The molecule has 9 nitrogen and oxygen atoms in total. The van der Waals surface area contributed by atoms with Crippen LogP contribution in [0.2, 0.25) is 10.0 Å². The van der Waals surface area contributed by atoms with Crippen molar-refractivity contribution in [3.05, 3.63) is 142 Å². The van der Waals surface area contributed by atoms with Crippen LogP contribution in [0.4, 0.5) is 0 Å². The molecule has 0 unspecified atom stereocenters. The standard InChI is InChI=1S/C54H58Cl2N2O7/c1-53(2)33-45-51(37-11-7-5-8-12-37)49(39-15-19-41(55)20-16-39)43(57(45)35-53)31-47(59)64-29-27-62-25-23-61-24-26-63-28-30-65-48(60)32-44-50(40-17-21-42(56)22-18-40)52(38-13-9-6-10-14-38)46-34-54(3,4)36-58(44)46/h5-22H,23-36H2,1-4H3. The first-order valence-corrected chi connectivity index (χ1v) is 23.3. The number of fused-ring (bicyclic) bond motifs is 2. The van der Waals surface area contributed by atoms with Crippen molar-refractivity contribution in [1.82, 2.24) is 9.13 Å². The molecule has 65 heavy (non-hydrogen) atoms. The predicted octanol–water partition coefficient (Wildman–Crippen LogP) is 11.4. The fraction of sp³-hybridized carbons (Fsp3) is 0.370. The van der Waals surface area contributed by atoms with Crippen molar-refractivity contribution in [2.45, 2.75) is 66.5 Å². The van der Waals surface area contributed by atoms with Crippen LogP contribution in [-0.2, 0) is 72.0 Å². The number of halogens is 2. The van der Waals surface area contributed by atoms with E-state index >= 15 is 0 Å². The Morgan fingerprint density at radius 2 is 0.785 bits per heavy atom. The Labute approximate surface area is 392 Å². The van der Waals surface area contributed by atoms with E-state index in [1.165, 1.54) is 11.4 Å². The molecule has 11 heteroatoms. The van der Waals surface area contributed by atoms with Gasteiger partial charge in [0.05, 0.1) is 52.5 Å². The van der Waals surface area contributed by atoms with Gasteiger partial charge in [0, 0.05) is 68.2 Å². The highest BCUT2D eigenvalue weighted by atomic mass is 35.5. The van der Waals surface area contributed by atoms with Gasteiger partial charge in [0.1, 0.15) is 13.2 Å². The van der Waals surface area contributed by atoms with Crippen molar-refractivity contribution in [3.63, 3.8) is 0 Å². The third kappa shape index (κ3) is 11.1. The molecule has 2 aliphatic heterocycles. The molecule has 0 N–H and O–H groups in total. The molecule has 0 atom stereocenters. The lowest BCUT2D eigenvalue weighted by atomic mass is 9.86. The highest BCUT2D eigenvalue weighted by Crippen LogP contribution is 2.49. The van der Waals surface area contributed by atoms with E-state index in [0.717, 1.165) is 81.8 Å². The van der Waals surface area contributed by atoms with Crippen LogP contribution in [-0.4, -0.2) is 73.9 Å². The number of aromatic nitrogens is 2. The van der Waals surface area contributed by atoms with Crippen LogP contribution < -0.4 is 0 Å². The van der Waals surface area contributed by atoms with E-state index in [0.29, 0.717) is 36.5 Å². The molecule has 0 saturated carbocycles. The van der Waals surface area contributed by atoms with Gasteiger partial charge in [0.2, 0.25) is 0 Å². The van der Waals surface area contributed by atoms with Crippen LogP contribution in [0.15, 0.2) is 109 Å². The second kappa shape index (κ2) is 20.6. The maximum absolute atomic E-state index is 13.4. The second-order valence-electron chi connectivity index (χ2n) is 18.5. The number of rotatable bonds is 20. The number of esters is 2. The lowest BCUT2D eigenvalue weighted by molar-refractivity contribution is -0.145. The number of ether oxygens (including phenoxy) is 5. The van der Waals surface area contributed by atoms with Gasteiger partial charge in [-0.25, -0.2) is 0 Å². The van der Waals surface area contributed by atoms with Crippen LogP contribution in [0.3, 0.4) is 0 Å². The molecule has 340 valence electrons. The molecule has 4 aromatic carbocycles. The van der Waals surface area contributed by atoms with Crippen LogP contribution in [0.5, 0.6) is 0 Å². The van der Waals surface area contributed by atoms with Gasteiger partial charge in [0.25, 0.3) is 0 Å². The molecule has 6 aromatic rings. The first-order chi connectivity index (χ1) is 31.4. The first-order valence-electron chi connectivity index (χ1n) is 22.5. The Kier molecular flexibility index (Phi) is 14.7. The summed E-state index contributed by atoms with van der Waals surface area (Å²) in [7, 11) is 0. The number of benzene rings is 4. The van der Waals surface area contributed by atoms with Crippen molar-refractivity contribution < 1.29 is 33.3 Å². The molecule has 0 fully saturated rings. The zero-order valence-corrected chi connectivity index (χ0v) is 39.3. The molecular weight excluding hydrogens is 860 g/mol. The van der Waals surface area contributed by atoms with Crippen LogP contribution >= 0.6 is 23.2 Å². The van der Waals surface area contributed by atoms with Crippen molar-refractivity contribution in [2.24, 2.45) is 10.8 Å². The second-order valence-corrected chi connectivity index (χ2v) is 19.4. The lowest BCUT2D eigenvalue weighted by Gasteiger charge is -2.19. The quantitative estimate of drug-likeness (QED) is 0.0556. The third-order valence-corrected chi connectivity index (χ3v) is 12.7. The van der Waals surface area contributed by atoms with Gasteiger partial charge in [0.15, 0.2) is 0 Å². The summed E-state index contributed by atoms with van der Waals surface area (Å²) >= 11 is 12.6. The molecule has 4 heterocycles. The molecular formula is C54H58Cl2N2O7. The number of hydrogen-bond donors (Lipinski definition) is 0. The number of carbonyl (C=O) groups is 2. The molecule has 8 rings (SSSR count). The van der Waals surface area contributed by atoms with E-state index < -0.39 is 0 Å². The molecule has 0 radical (unpaired) electrons.